The van der Waals surface area contributed by atoms with Gasteiger partial charge in [0.25, 0.3) is 5.91 Å². The average molecular weight is 457 g/mol. The van der Waals surface area contributed by atoms with Gasteiger partial charge in [-0.3, -0.25) is 4.79 Å². The smallest absolute Gasteiger partial charge is 0.475 e. The minimum absolute atomic E-state index is 0.114. The van der Waals surface area contributed by atoms with Crippen LogP contribution >= 0.6 is 0 Å². The van der Waals surface area contributed by atoms with Crippen molar-refractivity contribution in [1.82, 2.24) is 19.9 Å². The fraction of sp³-hybridized carbons (Fsp3) is 0.526. The predicted molar refractivity (Wildman–Crippen MR) is 103 cm³/mol. The Morgan fingerprint density at radius 3 is 2.56 bits per heavy atom. The van der Waals surface area contributed by atoms with Crippen LogP contribution in [0.1, 0.15) is 35.5 Å². The van der Waals surface area contributed by atoms with E-state index >= 15 is 0 Å². The second kappa shape index (κ2) is 9.51. The lowest BCUT2D eigenvalue weighted by Crippen LogP contribution is -2.47. The molecule has 2 atom stereocenters. The zero-order valence-electron chi connectivity index (χ0n) is 17.1. The van der Waals surface area contributed by atoms with Gasteiger partial charge in [-0.1, -0.05) is 0 Å². The molecule has 13 heteroatoms. The fourth-order valence-electron chi connectivity index (χ4n) is 3.66. The topological polar surface area (TPSA) is 131 Å². The lowest BCUT2D eigenvalue weighted by Gasteiger charge is -2.38. The lowest BCUT2D eigenvalue weighted by atomic mass is 9.89. The van der Waals surface area contributed by atoms with Crippen molar-refractivity contribution < 1.29 is 37.0 Å². The number of likely N-dealkylation sites (tertiary alicyclic amines) is 1. The van der Waals surface area contributed by atoms with E-state index in [1.54, 1.807) is 30.3 Å². The zero-order valence-corrected chi connectivity index (χ0v) is 17.1. The Labute approximate surface area is 180 Å². The second-order valence-corrected chi connectivity index (χ2v) is 7.48. The number of hydrogen-bond donors (Lipinski definition) is 2. The number of ether oxygens (including phenoxy) is 1. The number of carbonyl (C=O) groups is 2. The van der Waals surface area contributed by atoms with Crippen molar-refractivity contribution >= 4 is 17.8 Å². The number of halogens is 3. The van der Waals surface area contributed by atoms with Gasteiger partial charge < -0.3 is 24.5 Å². The molecule has 0 bridgehead atoms. The summed E-state index contributed by atoms with van der Waals surface area (Å²) in [6, 6.07) is 2.03. The summed E-state index contributed by atoms with van der Waals surface area (Å²) in [6.45, 7) is 3.67. The summed E-state index contributed by atoms with van der Waals surface area (Å²) in [6.07, 6.45) is 2.21. The van der Waals surface area contributed by atoms with Crippen LogP contribution in [0.5, 0.6) is 0 Å². The van der Waals surface area contributed by atoms with Crippen molar-refractivity contribution in [3.63, 3.8) is 0 Å². The number of rotatable bonds is 3. The number of aromatic nitrogens is 3. The molecular weight excluding hydrogens is 435 g/mol. The summed E-state index contributed by atoms with van der Waals surface area (Å²) in [7, 11) is 0. The van der Waals surface area contributed by atoms with Crippen molar-refractivity contribution in [1.29, 1.82) is 0 Å². The van der Waals surface area contributed by atoms with E-state index in [-0.39, 0.29) is 17.6 Å². The number of anilines is 1. The third-order valence-electron chi connectivity index (χ3n) is 5.18. The van der Waals surface area contributed by atoms with Gasteiger partial charge in [-0.25, -0.2) is 19.7 Å². The number of amides is 1. The third-order valence-corrected chi connectivity index (χ3v) is 5.18. The first-order valence-corrected chi connectivity index (χ1v) is 9.77. The molecule has 2 fully saturated rings. The van der Waals surface area contributed by atoms with Crippen LogP contribution in [0.15, 0.2) is 29.3 Å². The number of carbonyl (C=O) groups excluding carboxylic acids is 1. The highest BCUT2D eigenvalue weighted by Gasteiger charge is 2.45. The molecule has 1 amide bonds. The highest BCUT2D eigenvalue weighted by Crippen LogP contribution is 2.35. The molecule has 32 heavy (non-hydrogen) atoms. The third kappa shape index (κ3) is 5.72. The zero-order chi connectivity index (χ0) is 23.4. The van der Waals surface area contributed by atoms with Crippen LogP contribution in [0.4, 0.5) is 19.1 Å². The molecule has 174 valence electrons. The predicted octanol–water partition coefficient (Wildman–Crippen LogP) is 2.28. The monoisotopic (exact) mass is 457 g/mol. The molecule has 2 aromatic heterocycles. The van der Waals surface area contributed by atoms with Gasteiger partial charge in [0.15, 0.2) is 6.39 Å². The van der Waals surface area contributed by atoms with Crippen molar-refractivity contribution in [2.45, 2.75) is 44.0 Å². The standard InChI is InChI=1S/C17H21N5O3.C2HF3O2/c1-12-14(24-11-20-12)15(23)22-7-4-17(10-22)9-13(3-8-25-17)21-16-18-5-2-6-19-16;3-2(4,5)1(6)7/h2,5-6,11,13H,3-4,7-10H2,1H3,(H,18,19,21);(H,6,7)/t13-,17+;/m0./s1. The van der Waals surface area contributed by atoms with E-state index in [1.165, 1.54) is 6.39 Å². The summed E-state index contributed by atoms with van der Waals surface area (Å²) in [4.78, 5) is 35.8. The van der Waals surface area contributed by atoms with Crippen LogP contribution < -0.4 is 5.32 Å². The van der Waals surface area contributed by atoms with Crippen molar-refractivity contribution in [3.05, 3.63) is 36.3 Å². The number of carboxylic acid groups (broad SMARTS) is 1. The van der Waals surface area contributed by atoms with Crippen molar-refractivity contribution in [2.24, 2.45) is 0 Å². The summed E-state index contributed by atoms with van der Waals surface area (Å²) in [5.74, 6) is -1.92. The van der Waals surface area contributed by atoms with Crippen LogP contribution in [0.2, 0.25) is 0 Å². The number of oxazole rings is 1. The summed E-state index contributed by atoms with van der Waals surface area (Å²) < 4.78 is 43.1. The maximum atomic E-state index is 12.6. The molecule has 0 aliphatic carbocycles. The largest absolute Gasteiger partial charge is 0.490 e. The van der Waals surface area contributed by atoms with Crippen molar-refractivity contribution in [3.8, 4) is 0 Å². The van der Waals surface area contributed by atoms with Gasteiger partial charge in [0.05, 0.1) is 17.8 Å². The Balaban J connectivity index is 0.000000360. The number of alkyl halides is 3. The van der Waals surface area contributed by atoms with E-state index in [0.29, 0.717) is 37.1 Å². The first-order chi connectivity index (χ1) is 15.1. The molecule has 0 radical (unpaired) electrons. The maximum Gasteiger partial charge on any atom is 0.490 e. The summed E-state index contributed by atoms with van der Waals surface area (Å²) in [5, 5.41) is 10.5. The first-order valence-electron chi connectivity index (χ1n) is 9.77. The minimum atomic E-state index is -5.08. The quantitative estimate of drug-likeness (QED) is 0.713. The molecule has 2 saturated heterocycles. The molecule has 2 aromatic rings. The Morgan fingerprint density at radius 1 is 1.28 bits per heavy atom. The molecule has 10 nitrogen and oxygen atoms in total. The molecule has 0 unspecified atom stereocenters. The Bertz CT molecular complexity index is 939. The van der Waals surface area contributed by atoms with Gasteiger partial charge in [0, 0.05) is 31.6 Å². The SMILES string of the molecule is Cc1ncoc1C(=O)N1CC[C@@]2(C[C@@H](Nc3ncccn3)CCO2)C1.O=C(O)C(F)(F)F. The molecule has 4 rings (SSSR count). The van der Waals surface area contributed by atoms with Crippen LogP contribution in [0.25, 0.3) is 0 Å². The normalized spacial score (nSPS) is 22.9. The van der Waals surface area contributed by atoms with Crippen LogP contribution in [-0.4, -0.2) is 74.4 Å². The molecule has 0 aromatic carbocycles. The number of aryl methyl sites for hydroxylation is 1. The highest BCUT2D eigenvalue weighted by atomic mass is 19.4. The first kappa shape index (κ1) is 23.4. The van der Waals surface area contributed by atoms with Gasteiger partial charge in [-0.15, -0.1) is 0 Å². The van der Waals surface area contributed by atoms with Gasteiger partial charge in [0.2, 0.25) is 11.7 Å². The molecular formula is C19H22F3N5O5. The van der Waals surface area contributed by atoms with E-state index in [0.717, 1.165) is 19.3 Å². The van der Waals surface area contributed by atoms with E-state index in [2.05, 4.69) is 20.3 Å². The fourth-order valence-corrected chi connectivity index (χ4v) is 3.66. The molecule has 4 heterocycles. The number of nitrogens with one attached hydrogen (secondary N) is 1. The Hall–Kier alpha value is -3.22. The molecule has 2 aliphatic rings. The minimum Gasteiger partial charge on any atom is -0.475 e. The Morgan fingerprint density at radius 2 is 1.97 bits per heavy atom. The molecule has 2 aliphatic heterocycles. The van der Waals surface area contributed by atoms with E-state index in [1.807, 2.05) is 0 Å². The van der Waals surface area contributed by atoms with Gasteiger partial charge >= 0.3 is 12.1 Å². The lowest BCUT2D eigenvalue weighted by molar-refractivity contribution is -0.192. The average Bonchev–Trinajstić information content (AvgIpc) is 3.35. The van der Waals surface area contributed by atoms with E-state index in [9.17, 15) is 18.0 Å². The van der Waals surface area contributed by atoms with Gasteiger partial charge in [-0.05, 0) is 32.3 Å². The number of aliphatic carboxylic acids is 1. The Kier molecular flexibility index (Phi) is 6.96. The highest BCUT2D eigenvalue weighted by molar-refractivity contribution is 5.92. The van der Waals surface area contributed by atoms with Crippen LogP contribution in [0.3, 0.4) is 0 Å². The second-order valence-electron chi connectivity index (χ2n) is 7.48. The summed E-state index contributed by atoms with van der Waals surface area (Å²) in [5.41, 5.74) is 0.310. The molecule has 2 N–H and O–H groups in total. The van der Waals surface area contributed by atoms with Gasteiger partial charge in [-0.2, -0.15) is 13.2 Å². The molecule has 1 spiro atoms. The number of hydrogen-bond acceptors (Lipinski definition) is 8. The maximum absolute atomic E-state index is 12.6. The van der Waals surface area contributed by atoms with Crippen molar-refractivity contribution in [2.75, 3.05) is 25.0 Å². The number of nitrogens with zero attached hydrogens (tertiary/aromatic N) is 4. The van der Waals surface area contributed by atoms with Crippen LogP contribution in [0, 0.1) is 6.92 Å². The van der Waals surface area contributed by atoms with E-state index in [4.69, 9.17) is 19.1 Å². The van der Waals surface area contributed by atoms with Crippen LogP contribution in [-0.2, 0) is 9.53 Å². The van der Waals surface area contributed by atoms with E-state index < -0.39 is 12.1 Å². The van der Waals surface area contributed by atoms with Gasteiger partial charge in [0.1, 0.15) is 0 Å². The molecule has 0 saturated carbocycles. The number of carboxylic acids is 1. The summed E-state index contributed by atoms with van der Waals surface area (Å²) >= 11 is 0.